The second-order valence-corrected chi connectivity index (χ2v) is 15.2. The van der Waals surface area contributed by atoms with Crippen molar-refractivity contribution in [3.8, 4) is 0 Å². The van der Waals surface area contributed by atoms with Gasteiger partial charge in [-0.05, 0) is 64.5 Å². The number of carbonyl (C=O) groups excluding carboxylic acids is 4. The lowest BCUT2D eigenvalue weighted by Crippen LogP contribution is -2.74. The summed E-state index contributed by atoms with van der Waals surface area (Å²) in [5.41, 5.74) is 1.37. The molecule has 4 unspecified atom stereocenters. The van der Waals surface area contributed by atoms with E-state index in [2.05, 4.69) is 0 Å². The molecule has 5 fully saturated rings. The molecule has 0 aromatic heterocycles. The Morgan fingerprint density at radius 3 is 1.64 bits per heavy atom. The summed E-state index contributed by atoms with van der Waals surface area (Å²) in [6.45, 7) is 2.61. The minimum Gasteiger partial charge on any atom is -0.473 e. The molecule has 0 aromatic carbocycles. The number of esters is 2. The van der Waals surface area contributed by atoms with Gasteiger partial charge in [0.25, 0.3) is 11.8 Å². The maximum absolute atomic E-state index is 14.6. The third-order valence-electron chi connectivity index (χ3n) is 6.82. The van der Waals surface area contributed by atoms with Gasteiger partial charge < -0.3 is 28.7 Å². The van der Waals surface area contributed by atoms with Crippen LogP contribution in [0.1, 0.15) is 26.7 Å². The maximum Gasteiger partial charge on any atom is 0.303 e. The minimum atomic E-state index is -1.30. The van der Waals surface area contributed by atoms with Gasteiger partial charge in [0.2, 0.25) is 0 Å². The van der Waals surface area contributed by atoms with Gasteiger partial charge in [0.05, 0.1) is 37.1 Å². The highest BCUT2D eigenvalue weighted by Gasteiger charge is 2.75. The van der Waals surface area contributed by atoms with Crippen LogP contribution in [0.5, 0.6) is 0 Å². The summed E-state index contributed by atoms with van der Waals surface area (Å²) < 4.78 is 22.2. The van der Waals surface area contributed by atoms with Crippen molar-refractivity contribution >= 4 is 65.0 Å². The summed E-state index contributed by atoms with van der Waals surface area (Å²) in [7, 11) is 5.47. The molecule has 2 spiro atoms. The van der Waals surface area contributed by atoms with Gasteiger partial charge in [-0.3, -0.25) is 19.2 Å². The predicted octanol–water partition coefficient (Wildman–Crippen LogP) is 3.00. The largest absolute Gasteiger partial charge is 0.473 e. The molecule has 7 aliphatic heterocycles. The van der Waals surface area contributed by atoms with Crippen molar-refractivity contribution in [3.05, 3.63) is 48.3 Å². The van der Waals surface area contributed by atoms with Gasteiger partial charge in [0.1, 0.15) is 12.2 Å². The molecule has 0 radical (unpaired) electrons. The number of carbonyl (C=O) groups is 4. The number of rotatable bonds is 2. The number of nitrogens with zero attached hydrogens (tertiary/aromatic N) is 2. The van der Waals surface area contributed by atoms with E-state index >= 15 is 0 Å². The fraction of sp³-hybridized carbons (Fsp3) is 0.455. The Hall–Kier alpha value is -2.16. The fourth-order valence-corrected chi connectivity index (χ4v) is 13.4. The van der Waals surface area contributed by atoms with Crippen molar-refractivity contribution in [1.82, 2.24) is 9.80 Å². The Labute approximate surface area is 221 Å². The van der Waals surface area contributed by atoms with Crippen LogP contribution in [0.2, 0.25) is 0 Å². The highest BCUT2D eigenvalue weighted by molar-refractivity contribution is 9.26. The number of piperazine rings is 1. The first-order chi connectivity index (χ1) is 17.3. The number of ether oxygens (including phenoxy) is 4. The highest BCUT2D eigenvalue weighted by atomic mass is 33.7. The number of amides is 2. The van der Waals surface area contributed by atoms with Crippen molar-refractivity contribution in [2.75, 3.05) is 0 Å². The van der Waals surface area contributed by atoms with E-state index in [1.165, 1.54) is 80.1 Å². The Balaban J connectivity index is 1.51. The Kier molecular flexibility index (Phi) is 5.85. The molecule has 2 amide bonds. The summed E-state index contributed by atoms with van der Waals surface area (Å²) in [4.78, 5) is 53.6. The van der Waals surface area contributed by atoms with Gasteiger partial charge in [0.15, 0.2) is 9.74 Å². The zero-order chi connectivity index (χ0) is 25.2. The van der Waals surface area contributed by atoms with Crippen molar-refractivity contribution in [3.63, 3.8) is 0 Å². The molecule has 5 saturated heterocycles. The molecule has 0 aromatic rings. The summed E-state index contributed by atoms with van der Waals surface area (Å²) in [6.07, 6.45) is 7.85. The average molecular weight is 569 g/mol. The third kappa shape index (κ3) is 3.37. The van der Waals surface area contributed by atoms with Crippen molar-refractivity contribution < 1.29 is 38.1 Å². The van der Waals surface area contributed by atoms with Gasteiger partial charge in [-0.2, -0.15) is 0 Å². The fourth-order valence-electron chi connectivity index (χ4n) is 5.62. The van der Waals surface area contributed by atoms with Crippen LogP contribution in [0.15, 0.2) is 48.3 Å². The summed E-state index contributed by atoms with van der Waals surface area (Å²) in [6, 6.07) is -1.39. The Bertz CT molecular complexity index is 1100. The lowest BCUT2D eigenvalue weighted by atomic mass is 10.0. The van der Waals surface area contributed by atoms with E-state index in [0.29, 0.717) is 11.1 Å². The van der Waals surface area contributed by atoms with E-state index in [1.807, 2.05) is 0 Å². The normalized spacial score (nSPS) is 38.1. The SMILES string of the molecule is CC(=O)OC1C=COC=C2C[C@@]34SSSS[C@]5(CC6=COC=CC(OC(C)=O)C6N5C3=O)C(=O)N4C21. The van der Waals surface area contributed by atoms with Crippen LogP contribution in [0, 0.1) is 0 Å². The molecule has 7 aliphatic rings. The molecule has 190 valence electrons. The summed E-state index contributed by atoms with van der Waals surface area (Å²) >= 11 is 0. The van der Waals surface area contributed by atoms with Gasteiger partial charge in [-0.15, -0.1) is 0 Å². The zero-order valence-electron chi connectivity index (χ0n) is 19.0. The van der Waals surface area contributed by atoms with Crippen LogP contribution in [-0.2, 0) is 38.1 Å². The minimum absolute atomic E-state index is 0.202. The molecule has 2 bridgehead atoms. The van der Waals surface area contributed by atoms with Crippen molar-refractivity contribution in [1.29, 1.82) is 0 Å². The molecule has 0 saturated carbocycles. The van der Waals surface area contributed by atoms with Crippen LogP contribution in [0.4, 0.5) is 0 Å². The van der Waals surface area contributed by atoms with Gasteiger partial charge in [-0.25, -0.2) is 0 Å². The van der Waals surface area contributed by atoms with Crippen LogP contribution in [0.3, 0.4) is 0 Å². The van der Waals surface area contributed by atoms with Crippen molar-refractivity contribution in [2.24, 2.45) is 0 Å². The second-order valence-electron chi connectivity index (χ2n) is 8.93. The topological polar surface area (TPSA) is 112 Å². The smallest absolute Gasteiger partial charge is 0.303 e. The van der Waals surface area contributed by atoms with E-state index in [9.17, 15) is 19.2 Å². The van der Waals surface area contributed by atoms with E-state index in [1.54, 1.807) is 22.0 Å². The maximum atomic E-state index is 14.6. The van der Waals surface area contributed by atoms with Gasteiger partial charge in [0, 0.05) is 26.7 Å². The van der Waals surface area contributed by atoms with E-state index < -0.39 is 46.0 Å². The quantitative estimate of drug-likeness (QED) is 0.361. The molecule has 10 nitrogen and oxygen atoms in total. The van der Waals surface area contributed by atoms with Crippen LogP contribution in [-0.4, -0.2) is 67.6 Å². The highest BCUT2D eigenvalue weighted by Crippen LogP contribution is 2.69. The predicted molar refractivity (Wildman–Crippen MR) is 134 cm³/mol. The van der Waals surface area contributed by atoms with E-state index in [0.717, 1.165) is 0 Å². The molecule has 7 heterocycles. The van der Waals surface area contributed by atoms with Crippen LogP contribution < -0.4 is 0 Å². The molecule has 7 rings (SSSR count). The molecule has 36 heavy (non-hydrogen) atoms. The lowest BCUT2D eigenvalue weighted by Gasteiger charge is -2.55. The molecular weight excluding hydrogens is 549 g/mol. The molecule has 0 N–H and O–H groups in total. The van der Waals surface area contributed by atoms with Gasteiger partial charge >= 0.3 is 11.9 Å². The van der Waals surface area contributed by atoms with Crippen LogP contribution >= 0.6 is 41.2 Å². The standard InChI is InChI=1S/C22H20N2O8S4/c1-11(25)31-15-3-5-29-9-13-7-21-20(28)24-18-14(10-30-6-4-16(18)32-12(2)26)8-22(24,34-36-35-33-21)19(27)23(21)17(13)15/h3-6,9-10,15-18H,7-8H2,1-2H3/t15?,16?,17?,18?,21-,22-/m1/s1. The van der Waals surface area contributed by atoms with E-state index in [-0.39, 0.29) is 24.7 Å². The first-order valence-electron chi connectivity index (χ1n) is 11.0. The Morgan fingerprint density at radius 1 is 0.833 bits per heavy atom. The van der Waals surface area contributed by atoms with E-state index in [4.69, 9.17) is 18.9 Å². The molecular formula is C22H20N2O8S4. The molecule has 0 aliphatic carbocycles. The molecule has 14 heteroatoms. The van der Waals surface area contributed by atoms with Gasteiger partial charge in [-0.1, -0.05) is 0 Å². The lowest BCUT2D eigenvalue weighted by molar-refractivity contribution is -0.171. The summed E-state index contributed by atoms with van der Waals surface area (Å²) in [5.74, 6) is -1.55. The number of fused-ring (bicyclic) bond motifs is 5. The monoisotopic (exact) mass is 568 g/mol. The third-order valence-corrected chi connectivity index (χ3v) is 14.0. The summed E-state index contributed by atoms with van der Waals surface area (Å²) in [5, 5.41) is 0. The zero-order valence-corrected chi connectivity index (χ0v) is 22.2. The van der Waals surface area contributed by atoms with Crippen LogP contribution in [0.25, 0.3) is 0 Å². The average Bonchev–Trinajstić information content (AvgIpc) is 3.17. The number of hydrogen-bond acceptors (Lipinski definition) is 12. The Morgan fingerprint density at radius 2 is 1.25 bits per heavy atom. The first kappa shape index (κ1) is 24.2. The second kappa shape index (κ2) is 8.71. The number of hydrogen-bond donors (Lipinski definition) is 0. The van der Waals surface area contributed by atoms with Crippen molar-refractivity contribution in [2.45, 2.75) is 60.7 Å². The first-order valence-corrected chi connectivity index (χ1v) is 15.8. The molecule has 6 atom stereocenters.